The van der Waals surface area contributed by atoms with Gasteiger partial charge in [0.1, 0.15) is 5.82 Å². The molecule has 0 saturated carbocycles. The number of hydrogen-bond acceptors (Lipinski definition) is 1. The van der Waals surface area contributed by atoms with Crippen LogP contribution in [0.15, 0.2) is 24.4 Å². The van der Waals surface area contributed by atoms with Crippen LogP contribution in [-0.2, 0) is 6.42 Å². The first-order chi connectivity index (χ1) is 7.22. The number of H-pyrrole nitrogens is 1. The summed E-state index contributed by atoms with van der Waals surface area (Å²) in [5.74, 6) is -0.174. The molecule has 80 valence electrons. The predicted octanol–water partition coefficient (Wildman–Crippen LogP) is 2.59. The fourth-order valence-corrected chi connectivity index (χ4v) is 1.80. The third kappa shape index (κ3) is 1.88. The Balaban J connectivity index is 2.43. The van der Waals surface area contributed by atoms with E-state index < -0.39 is 0 Å². The van der Waals surface area contributed by atoms with Crippen LogP contribution in [0.2, 0.25) is 0 Å². The van der Waals surface area contributed by atoms with Gasteiger partial charge in [0, 0.05) is 23.1 Å². The largest absolute Gasteiger partial charge is 0.361 e. The molecule has 2 rings (SSSR count). The molecule has 0 fully saturated rings. The molecule has 1 aromatic carbocycles. The Kier molecular flexibility index (Phi) is 2.73. The second-order valence-corrected chi connectivity index (χ2v) is 3.85. The van der Waals surface area contributed by atoms with Crippen LogP contribution in [0.4, 0.5) is 4.39 Å². The van der Waals surface area contributed by atoms with Crippen molar-refractivity contribution in [2.45, 2.75) is 25.8 Å². The maximum Gasteiger partial charge on any atom is 0.132 e. The van der Waals surface area contributed by atoms with Crippen molar-refractivity contribution < 1.29 is 4.39 Å². The summed E-state index contributed by atoms with van der Waals surface area (Å²) in [4.78, 5) is 3.06. The van der Waals surface area contributed by atoms with Gasteiger partial charge in [0.05, 0.1) is 0 Å². The molecule has 0 radical (unpaired) electrons. The van der Waals surface area contributed by atoms with Gasteiger partial charge in [-0.3, -0.25) is 0 Å². The van der Waals surface area contributed by atoms with E-state index in [2.05, 4.69) is 4.98 Å². The van der Waals surface area contributed by atoms with Gasteiger partial charge in [-0.05, 0) is 30.5 Å². The second kappa shape index (κ2) is 4.03. The molecule has 3 N–H and O–H groups in total. The van der Waals surface area contributed by atoms with Crippen molar-refractivity contribution in [3.05, 3.63) is 35.8 Å². The van der Waals surface area contributed by atoms with Crippen molar-refractivity contribution in [1.82, 2.24) is 4.98 Å². The van der Waals surface area contributed by atoms with Crippen LogP contribution < -0.4 is 5.73 Å². The number of hydrogen-bond donors (Lipinski definition) is 2. The van der Waals surface area contributed by atoms with Crippen molar-refractivity contribution in [1.29, 1.82) is 0 Å². The zero-order valence-electron chi connectivity index (χ0n) is 8.76. The first-order valence-electron chi connectivity index (χ1n) is 5.22. The third-order valence-electron chi connectivity index (χ3n) is 2.74. The van der Waals surface area contributed by atoms with Gasteiger partial charge in [0.15, 0.2) is 0 Å². The van der Waals surface area contributed by atoms with E-state index >= 15 is 0 Å². The van der Waals surface area contributed by atoms with Crippen LogP contribution in [0, 0.1) is 5.82 Å². The molecular weight excluding hydrogens is 191 g/mol. The Morgan fingerprint density at radius 2 is 2.27 bits per heavy atom. The lowest BCUT2D eigenvalue weighted by molar-refractivity contribution is 0.630. The summed E-state index contributed by atoms with van der Waals surface area (Å²) < 4.78 is 13.6. The van der Waals surface area contributed by atoms with Gasteiger partial charge in [-0.2, -0.15) is 0 Å². The molecule has 0 unspecified atom stereocenters. The van der Waals surface area contributed by atoms with Gasteiger partial charge in [-0.15, -0.1) is 0 Å². The molecule has 15 heavy (non-hydrogen) atoms. The summed E-state index contributed by atoms with van der Waals surface area (Å²) in [6.07, 6.45) is 3.47. The lowest BCUT2D eigenvalue weighted by atomic mass is 10.0. The van der Waals surface area contributed by atoms with Crippen molar-refractivity contribution in [3.63, 3.8) is 0 Å². The number of aromatic nitrogens is 1. The Morgan fingerprint density at radius 1 is 1.47 bits per heavy atom. The highest BCUT2D eigenvalue weighted by molar-refractivity contribution is 5.83. The summed E-state index contributed by atoms with van der Waals surface area (Å²) in [6.45, 7) is 2.04. The Bertz CT molecular complexity index is 462. The standard InChI is InChI=1S/C12H15FN2/c1-2-9(14)6-8-7-15-11-5-3-4-10(13)12(8)11/h3-5,7,9,15H,2,6,14H2,1H3/t9-/m0/s1. The minimum Gasteiger partial charge on any atom is -0.361 e. The summed E-state index contributed by atoms with van der Waals surface area (Å²) in [5.41, 5.74) is 7.68. The third-order valence-corrected chi connectivity index (χ3v) is 2.74. The quantitative estimate of drug-likeness (QED) is 0.796. The van der Waals surface area contributed by atoms with Gasteiger partial charge in [0.25, 0.3) is 0 Å². The van der Waals surface area contributed by atoms with Crippen LogP contribution in [0.25, 0.3) is 10.9 Å². The summed E-state index contributed by atoms with van der Waals surface area (Å²) in [5, 5.41) is 0.682. The van der Waals surface area contributed by atoms with Crippen molar-refractivity contribution >= 4 is 10.9 Å². The number of nitrogens with two attached hydrogens (primary N) is 1. The number of aromatic amines is 1. The summed E-state index contributed by atoms with van der Waals surface area (Å²) in [7, 11) is 0. The van der Waals surface area contributed by atoms with E-state index in [0.29, 0.717) is 5.39 Å². The maximum atomic E-state index is 13.6. The van der Waals surface area contributed by atoms with Crippen LogP contribution >= 0.6 is 0 Å². The molecule has 0 aliphatic heterocycles. The van der Waals surface area contributed by atoms with E-state index in [0.717, 1.165) is 23.9 Å². The molecule has 1 aromatic heterocycles. The van der Waals surface area contributed by atoms with E-state index in [-0.39, 0.29) is 11.9 Å². The van der Waals surface area contributed by atoms with Gasteiger partial charge >= 0.3 is 0 Å². The molecular formula is C12H15FN2. The average molecular weight is 206 g/mol. The smallest absolute Gasteiger partial charge is 0.132 e. The average Bonchev–Trinajstić information content (AvgIpc) is 2.63. The van der Waals surface area contributed by atoms with Crippen molar-refractivity contribution in [2.75, 3.05) is 0 Å². The number of rotatable bonds is 3. The molecule has 1 atom stereocenters. The predicted molar refractivity (Wildman–Crippen MR) is 60.2 cm³/mol. The number of halogens is 1. The SMILES string of the molecule is CC[C@H](N)Cc1c[nH]c2cccc(F)c12. The van der Waals surface area contributed by atoms with Crippen molar-refractivity contribution in [3.8, 4) is 0 Å². The second-order valence-electron chi connectivity index (χ2n) is 3.85. The molecule has 0 spiro atoms. The lowest BCUT2D eigenvalue weighted by Crippen LogP contribution is -2.21. The minimum absolute atomic E-state index is 0.101. The molecule has 3 heteroatoms. The van der Waals surface area contributed by atoms with E-state index in [9.17, 15) is 4.39 Å². The minimum atomic E-state index is -0.174. The van der Waals surface area contributed by atoms with Gasteiger partial charge in [-0.25, -0.2) is 4.39 Å². The molecule has 0 aliphatic carbocycles. The topological polar surface area (TPSA) is 41.8 Å². The van der Waals surface area contributed by atoms with Gasteiger partial charge < -0.3 is 10.7 Å². The molecule has 0 saturated heterocycles. The summed E-state index contributed by atoms with van der Waals surface area (Å²) >= 11 is 0. The van der Waals surface area contributed by atoms with Crippen molar-refractivity contribution in [2.24, 2.45) is 5.73 Å². The monoisotopic (exact) mass is 206 g/mol. The highest BCUT2D eigenvalue weighted by Gasteiger charge is 2.10. The molecule has 0 bridgehead atoms. The van der Waals surface area contributed by atoms with Crippen LogP contribution in [-0.4, -0.2) is 11.0 Å². The molecule has 0 amide bonds. The molecule has 1 heterocycles. The van der Waals surface area contributed by atoms with E-state index in [1.54, 1.807) is 6.07 Å². The lowest BCUT2D eigenvalue weighted by Gasteiger charge is -2.07. The fraction of sp³-hybridized carbons (Fsp3) is 0.333. The molecule has 0 aliphatic rings. The van der Waals surface area contributed by atoms with Gasteiger partial charge in [0.2, 0.25) is 0 Å². The summed E-state index contributed by atoms with van der Waals surface area (Å²) in [6, 6.07) is 5.16. The fourth-order valence-electron chi connectivity index (χ4n) is 1.80. The number of benzene rings is 1. The van der Waals surface area contributed by atoms with Crippen LogP contribution in [0.3, 0.4) is 0 Å². The Hall–Kier alpha value is -1.35. The Labute approximate surface area is 88.3 Å². The Morgan fingerprint density at radius 3 is 3.00 bits per heavy atom. The molecule has 2 nitrogen and oxygen atoms in total. The highest BCUT2D eigenvalue weighted by Crippen LogP contribution is 2.22. The van der Waals surface area contributed by atoms with E-state index in [1.807, 2.05) is 19.2 Å². The molecule has 2 aromatic rings. The van der Waals surface area contributed by atoms with E-state index in [4.69, 9.17) is 5.73 Å². The zero-order chi connectivity index (χ0) is 10.8. The first-order valence-corrected chi connectivity index (χ1v) is 5.22. The van der Waals surface area contributed by atoms with E-state index in [1.165, 1.54) is 6.07 Å². The van der Waals surface area contributed by atoms with Crippen LogP contribution in [0.5, 0.6) is 0 Å². The van der Waals surface area contributed by atoms with Gasteiger partial charge in [-0.1, -0.05) is 13.0 Å². The number of nitrogens with one attached hydrogen (secondary N) is 1. The van der Waals surface area contributed by atoms with Crippen LogP contribution in [0.1, 0.15) is 18.9 Å². The number of fused-ring (bicyclic) bond motifs is 1. The highest BCUT2D eigenvalue weighted by atomic mass is 19.1. The first kappa shape index (κ1) is 10.2. The normalized spacial score (nSPS) is 13.3. The maximum absolute atomic E-state index is 13.6. The zero-order valence-corrected chi connectivity index (χ0v) is 8.76.